The number of nitro groups is 1. The first-order chi connectivity index (χ1) is 14.0. The summed E-state index contributed by atoms with van der Waals surface area (Å²) in [4.78, 5) is 33.0. The first-order valence-corrected chi connectivity index (χ1v) is 11.3. The number of carbonyl (C=O) groups excluding carboxylic acids is 1. The molecule has 0 saturated carbocycles. The van der Waals surface area contributed by atoms with Crippen molar-refractivity contribution in [3.63, 3.8) is 0 Å². The Balaban J connectivity index is 1.36. The standard InChI is InChI=1S/C20H20N4O3S2/c1-28-16-6-7-17-18(13-16)29-20(21-17)23-10-8-22(9-11-23)19(25)12-14-2-4-15(5-3-14)24(26)27/h2-7,13H,8-12H2,1H3. The molecule has 1 amide bonds. The number of anilines is 1. The van der Waals surface area contributed by atoms with Gasteiger partial charge in [0.05, 0.1) is 21.6 Å². The molecule has 0 radical (unpaired) electrons. The van der Waals surface area contributed by atoms with Crippen LogP contribution >= 0.6 is 23.1 Å². The fourth-order valence-corrected chi connectivity index (χ4v) is 4.90. The zero-order valence-electron chi connectivity index (χ0n) is 15.9. The van der Waals surface area contributed by atoms with Crippen LogP contribution in [0.15, 0.2) is 47.4 Å². The number of aromatic nitrogens is 1. The Morgan fingerprint density at radius 2 is 1.90 bits per heavy atom. The van der Waals surface area contributed by atoms with Gasteiger partial charge in [0, 0.05) is 43.2 Å². The molecule has 0 spiro atoms. The number of hydrogen-bond donors (Lipinski definition) is 0. The van der Waals surface area contributed by atoms with E-state index in [9.17, 15) is 14.9 Å². The van der Waals surface area contributed by atoms with Gasteiger partial charge in [0.2, 0.25) is 5.91 Å². The number of rotatable bonds is 5. The van der Waals surface area contributed by atoms with Crippen LogP contribution in [0.1, 0.15) is 5.56 Å². The average Bonchev–Trinajstić information content (AvgIpc) is 3.17. The normalized spacial score (nSPS) is 14.4. The third kappa shape index (κ3) is 4.35. The van der Waals surface area contributed by atoms with E-state index in [1.165, 1.54) is 21.7 Å². The Bertz CT molecular complexity index is 1040. The van der Waals surface area contributed by atoms with E-state index in [2.05, 4.69) is 29.4 Å². The summed E-state index contributed by atoms with van der Waals surface area (Å²) in [5.41, 5.74) is 1.84. The first kappa shape index (κ1) is 19.7. The summed E-state index contributed by atoms with van der Waals surface area (Å²) in [5, 5.41) is 11.7. The smallest absolute Gasteiger partial charge is 0.269 e. The maximum atomic E-state index is 12.6. The molecule has 4 rings (SSSR count). The molecule has 0 aliphatic carbocycles. The van der Waals surface area contributed by atoms with Crippen LogP contribution in [0.2, 0.25) is 0 Å². The van der Waals surface area contributed by atoms with Gasteiger partial charge in [-0.05, 0) is 30.0 Å². The van der Waals surface area contributed by atoms with Crippen LogP contribution in [0.3, 0.4) is 0 Å². The van der Waals surface area contributed by atoms with E-state index < -0.39 is 4.92 Å². The van der Waals surface area contributed by atoms with E-state index in [0.29, 0.717) is 13.1 Å². The number of carbonyl (C=O) groups is 1. The van der Waals surface area contributed by atoms with Crippen molar-refractivity contribution in [1.82, 2.24) is 9.88 Å². The Morgan fingerprint density at radius 1 is 1.17 bits per heavy atom. The molecule has 0 unspecified atom stereocenters. The van der Waals surface area contributed by atoms with E-state index in [-0.39, 0.29) is 18.0 Å². The van der Waals surface area contributed by atoms with Crippen molar-refractivity contribution < 1.29 is 9.72 Å². The van der Waals surface area contributed by atoms with Gasteiger partial charge in [0.25, 0.3) is 5.69 Å². The van der Waals surface area contributed by atoms with E-state index in [0.717, 1.165) is 29.3 Å². The molecule has 150 valence electrons. The minimum absolute atomic E-state index is 0.0373. The fraction of sp³-hybridized carbons (Fsp3) is 0.300. The number of thioether (sulfide) groups is 1. The van der Waals surface area contributed by atoms with Crippen LogP contribution < -0.4 is 4.90 Å². The quantitative estimate of drug-likeness (QED) is 0.349. The summed E-state index contributed by atoms with van der Waals surface area (Å²) in [5.74, 6) is 0.0485. The van der Waals surface area contributed by atoms with Crippen molar-refractivity contribution in [1.29, 1.82) is 0 Å². The second-order valence-electron chi connectivity index (χ2n) is 6.80. The minimum atomic E-state index is -0.436. The number of amides is 1. The lowest BCUT2D eigenvalue weighted by molar-refractivity contribution is -0.384. The predicted octanol–water partition coefficient (Wildman–Crippen LogP) is 3.82. The molecule has 29 heavy (non-hydrogen) atoms. The molecule has 0 bridgehead atoms. The van der Waals surface area contributed by atoms with Gasteiger partial charge in [-0.25, -0.2) is 4.98 Å². The largest absolute Gasteiger partial charge is 0.345 e. The molecule has 9 heteroatoms. The number of thiazole rings is 1. The molecule has 1 saturated heterocycles. The molecule has 2 heterocycles. The van der Waals surface area contributed by atoms with Crippen molar-refractivity contribution in [2.75, 3.05) is 37.3 Å². The van der Waals surface area contributed by atoms with Gasteiger partial charge < -0.3 is 9.80 Å². The predicted molar refractivity (Wildman–Crippen MR) is 117 cm³/mol. The highest BCUT2D eigenvalue weighted by Gasteiger charge is 2.23. The number of piperazine rings is 1. The monoisotopic (exact) mass is 428 g/mol. The maximum absolute atomic E-state index is 12.6. The molecule has 1 aliphatic rings. The maximum Gasteiger partial charge on any atom is 0.269 e. The second-order valence-corrected chi connectivity index (χ2v) is 8.69. The summed E-state index contributed by atoms with van der Waals surface area (Å²) in [6, 6.07) is 12.5. The highest BCUT2D eigenvalue weighted by molar-refractivity contribution is 7.98. The molecular formula is C20H20N4O3S2. The number of fused-ring (bicyclic) bond motifs is 1. The van der Waals surface area contributed by atoms with Gasteiger partial charge in [0.1, 0.15) is 0 Å². The van der Waals surface area contributed by atoms with E-state index in [4.69, 9.17) is 4.98 Å². The molecule has 3 aromatic rings. The van der Waals surface area contributed by atoms with Crippen molar-refractivity contribution >= 4 is 50.0 Å². The molecule has 1 aliphatic heterocycles. The average molecular weight is 429 g/mol. The van der Waals surface area contributed by atoms with Gasteiger partial charge in [-0.15, -0.1) is 11.8 Å². The first-order valence-electron chi connectivity index (χ1n) is 9.24. The zero-order valence-corrected chi connectivity index (χ0v) is 17.5. The molecule has 1 aromatic heterocycles. The van der Waals surface area contributed by atoms with Crippen LogP contribution in [0.5, 0.6) is 0 Å². The van der Waals surface area contributed by atoms with Gasteiger partial charge in [-0.1, -0.05) is 23.5 Å². The van der Waals surface area contributed by atoms with Crippen LogP contribution in [-0.4, -0.2) is 53.1 Å². The second kappa shape index (κ2) is 8.38. The van der Waals surface area contributed by atoms with Gasteiger partial charge in [-0.3, -0.25) is 14.9 Å². The third-order valence-corrected chi connectivity index (χ3v) is 6.79. The number of hydrogen-bond acceptors (Lipinski definition) is 7. The zero-order chi connectivity index (χ0) is 20.4. The van der Waals surface area contributed by atoms with Crippen LogP contribution in [0, 0.1) is 10.1 Å². The number of nitro benzene ring substituents is 1. The van der Waals surface area contributed by atoms with Crippen molar-refractivity contribution in [2.24, 2.45) is 0 Å². The van der Waals surface area contributed by atoms with E-state index in [1.54, 1.807) is 35.2 Å². The lowest BCUT2D eigenvalue weighted by atomic mass is 10.1. The molecule has 7 nitrogen and oxygen atoms in total. The van der Waals surface area contributed by atoms with Crippen molar-refractivity contribution in [3.05, 3.63) is 58.1 Å². The van der Waals surface area contributed by atoms with Crippen molar-refractivity contribution in [3.8, 4) is 0 Å². The summed E-state index contributed by atoms with van der Waals surface area (Å²) in [6.07, 6.45) is 2.33. The van der Waals surface area contributed by atoms with Gasteiger partial charge in [0.15, 0.2) is 5.13 Å². The Labute approximate surface area is 176 Å². The summed E-state index contributed by atoms with van der Waals surface area (Å²) in [6.45, 7) is 2.80. The summed E-state index contributed by atoms with van der Waals surface area (Å²) < 4.78 is 1.18. The number of nitrogens with zero attached hydrogens (tertiary/aromatic N) is 4. The third-order valence-electron chi connectivity index (χ3n) is 4.99. The minimum Gasteiger partial charge on any atom is -0.345 e. The SMILES string of the molecule is CSc1ccc2nc(N3CCN(C(=O)Cc4ccc([N+](=O)[O-])cc4)CC3)sc2c1. The Morgan fingerprint density at radius 3 is 2.55 bits per heavy atom. The lowest BCUT2D eigenvalue weighted by Gasteiger charge is -2.34. The highest BCUT2D eigenvalue weighted by Crippen LogP contribution is 2.32. The topological polar surface area (TPSA) is 79.6 Å². The van der Waals surface area contributed by atoms with Crippen molar-refractivity contribution in [2.45, 2.75) is 11.3 Å². The van der Waals surface area contributed by atoms with Gasteiger partial charge in [-0.2, -0.15) is 0 Å². The fourth-order valence-electron chi connectivity index (χ4n) is 3.32. The van der Waals surface area contributed by atoms with Crippen LogP contribution in [0.4, 0.5) is 10.8 Å². The van der Waals surface area contributed by atoms with E-state index in [1.807, 2.05) is 4.90 Å². The number of benzene rings is 2. The lowest BCUT2D eigenvalue weighted by Crippen LogP contribution is -2.49. The molecular weight excluding hydrogens is 408 g/mol. The van der Waals surface area contributed by atoms with E-state index >= 15 is 0 Å². The highest BCUT2D eigenvalue weighted by atomic mass is 32.2. The van der Waals surface area contributed by atoms with Gasteiger partial charge >= 0.3 is 0 Å². The summed E-state index contributed by atoms with van der Waals surface area (Å²) in [7, 11) is 0. The molecule has 0 N–H and O–H groups in total. The Hall–Kier alpha value is -2.65. The van der Waals surface area contributed by atoms with Crippen LogP contribution in [0.25, 0.3) is 10.2 Å². The molecule has 0 atom stereocenters. The number of non-ortho nitro benzene ring substituents is 1. The molecule has 1 fully saturated rings. The molecule has 2 aromatic carbocycles. The van der Waals surface area contributed by atoms with Crippen LogP contribution in [-0.2, 0) is 11.2 Å². The Kier molecular flexibility index (Phi) is 5.68. The summed E-state index contributed by atoms with van der Waals surface area (Å²) >= 11 is 3.41.